The van der Waals surface area contributed by atoms with Gasteiger partial charge in [0.2, 0.25) is 0 Å². The van der Waals surface area contributed by atoms with Crippen molar-refractivity contribution in [3.8, 4) is 44.5 Å². The SMILES string of the molecule is CC1(C)c2ccccc2-c2ccc(N(c3ccccc3)c3ccc4c(c3)c3ccccc3c3c(-c5ccccc5)c(-c5ccccc5)cc(-c5ccccc5)c43)cc21. The smallest absolute Gasteiger partial charge is 0.0468 e. The molecule has 0 bridgehead atoms. The van der Waals surface area contributed by atoms with E-state index in [9.17, 15) is 0 Å². The first kappa shape index (κ1) is 34.1. The average molecular weight is 740 g/mol. The summed E-state index contributed by atoms with van der Waals surface area (Å²) in [6, 6.07) is 78.2. The van der Waals surface area contributed by atoms with Crippen molar-refractivity contribution in [2.24, 2.45) is 0 Å². The van der Waals surface area contributed by atoms with Gasteiger partial charge >= 0.3 is 0 Å². The average Bonchev–Trinajstić information content (AvgIpc) is 3.52. The van der Waals surface area contributed by atoms with E-state index >= 15 is 0 Å². The lowest BCUT2D eigenvalue weighted by molar-refractivity contribution is 0.660. The molecule has 58 heavy (non-hydrogen) atoms. The maximum absolute atomic E-state index is 2.44. The minimum Gasteiger partial charge on any atom is -0.310 e. The summed E-state index contributed by atoms with van der Waals surface area (Å²) in [6.07, 6.45) is 0. The van der Waals surface area contributed by atoms with E-state index in [2.05, 4.69) is 231 Å². The summed E-state index contributed by atoms with van der Waals surface area (Å²) < 4.78 is 0. The van der Waals surface area contributed by atoms with Crippen LogP contribution in [-0.2, 0) is 5.41 Å². The van der Waals surface area contributed by atoms with Crippen molar-refractivity contribution >= 4 is 49.4 Å². The number of hydrogen-bond donors (Lipinski definition) is 0. The van der Waals surface area contributed by atoms with Crippen molar-refractivity contribution in [2.75, 3.05) is 4.90 Å². The van der Waals surface area contributed by atoms with Crippen LogP contribution in [0.15, 0.2) is 212 Å². The highest BCUT2D eigenvalue weighted by Gasteiger charge is 2.35. The molecule has 10 aromatic rings. The van der Waals surface area contributed by atoms with E-state index in [4.69, 9.17) is 0 Å². The second kappa shape index (κ2) is 13.5. The van der Waals surface area contributed by atoms with Crippen molar-refractivity contribution in [1.29, 1.82) is 0 Å². The fraction of sp³-hybridized carbons (Fsp3) is 0.0526. The van der Waals surface area contributed by atoms with Gasteiger partial charge in [-0.15, -0.1) is 0 Å². The Morgan fingerprint density at radius 3 is 1.53 bits per heavy atom. The Morgan fingerprint density at radius 2 is 0.828 bits per heavy atom. The standard InChI is InChI=1S/C57H41N/c1-57(2)52-30-18-17-28-45(52)46-33-31-43(36-53(46)57)58(41-25-13-6-14-26-41)42-32-34-48-51(35-42)44-27-15-16-29-47(44)56-54(40-23-11-5-12-24-40)49(38-19-7-3-8-20-38)37-50(55(48)56)39-21-9-4-10-22-39/h3-37H,1-2H3. The van der Waals surface area contributed by atoms with E-state index in [-0.39, 0.29) is 5.41 Å². The summed E-state index contributed by atoms with van der Waals surface area (Å²) >= 11 is 0. The first-order valence-electron chi connectivity index (χ1n) is 20.3. The molecule has 10 aromatic carbocycles. The molecular formula is C57H41N. The quantitative estimate of drug-likeness (QED) is 0.154. The number of rotatable bonds is 6. The number of nitrogens with zero attached hydrogens (tertiary/aromatic N) is 1. The van der Waals surface area contributed by atoms with Crippen LogP contribution in [0, 0.1) is 0 Å². The largest absolute Gasteiger partial charge is 0.310 e. The molecule has 0 amide bonds. The molecule has 1 nitrogen and oxygen atoms in total. The normalized spacial score (nSPS) is 12.8. The third-order valence-electron chi connectivity index (χ3n) is 12.4. The number of benzene rings is 10. The third kappa shape index (κ3) is 5.31. The van der Waals surface area contributed by atoms with Crippen molar-refractivity contribution in [3.05, 3.63) is 223 Å². The predicted molar refractivity (Wildman–Crippen MR) is 248 cm³/mol. The topological polar surface area (TPSA) is 3.24 Å². The summed E-state index contributed by atoms with van der Waals surface area (Å²) in [7, 11) is 0. The molecule has 0 saturated heterocycles. The second-order valence-corrected chi connectivity index (χ2v) is 16.0. The first-order valence-corrected chi connectivity index (χ1v) is 20.3. The van der Waals surface area contributed by atoms with Crippen LogP contribution in [0.1, 0.15) is 25.0 Å². The van der Waals surface area contributed by atoms with Crippen LogP contribution in [0.3, 0.4) is 0 Å². The van der Waals surface area contributed by atoms with Crippen LogP contribution in [-0.4, -0.2) is 0 Å². The van der Waals surface area contributed by atoms with E-state index in [1.165, 1.54) is 88.0 Å². The number of hydrogen-bond acceptors (Lipinski definition) is 1. The van der Waals surface area contributed by atoms with Crippen molar-refractivity contribution in [1.82, 2.24) is 0 Å². The summed E-state index contributed by atoms with van der Waals surface area (Å²) in [5.74, 6) is 0. The van der Waals surface area contributed by atoms with Gasteiger partial charge in [-0.2, -0.15) is 0 Å². The van der Waals surface area contributed by atoms with E-state index in [1.807, 2.05) is 0 Å². The minimum atomic E-state index is -0.105. The van der Waals surface area contributed by atoms with Crippen LogP contribution in [0.25, 0.3) is 76.8 Å². The zero-order chi connectivity index (χ0) is 38.8. The van der Waals surface area contributed by atoms with Crippen LogP contribution < -0.4 is 4.90 Å². The molecule has 274 valence electrons. The molecule has 1 aliphatic carbocycles. The van der Waals surface area contributed by atoms with Crippen LogP contribution >= 0.6 is 0 Å². The molecule has 0 aliphatic heterocycles. The highest BCUT2D eigenvalue weighted by atomic mass is 15.1. The Hall–Kier alpha value is -7.22. The maximum atomic E-state index is 2.44. The lowest BCUT2D eigenvalue weighted by Crippen LogP contribution is -2.16. The molecular weight excluding hydrogens is 699 g/mol. The monoisotopic (exact) mass is 739 g/mol. The zero-order valence-electron chi connectivity index (χ0n) is 32.7. The Labute approximate surface area is 340 Å². The Bertz CT molecular complexity index is 3160. The van der Waals surface area contributed by atoms with E-state index in [1.54, 1.807) is 0 Å². The van der Waals surface area contributed by atoms with Gasteiger partial charge in [0.15, 0.2) is 0 Å². The summed E-state index contributed by atoms with van der Waals surface area (Å²) in [6.45, 7) is 4.72. The molecule has 0 unspecified atom stereocenters. The van der Waals surface area contributed by atoms with Crippen molar-refractivity contribution in [2.45, 2.75) is 19.3 Å². The fourth-order valence-electron chi connectivity index (χ4n) is 9.73. The van der Waals surface area contributed by atoms with E-state index in [0.717, 1.165) is 17.1 Å². The molecule has 0 saturated carbocycles. The van der Waals surface area contributed by atoms with Crippen LogP contribution in [0.5, 0.6) is 0 Å². The first-order chi connectivity index (χ1) is 28.6. The van der Waals surface area contributed by atoms with Gasteiger partial charge in [-0.1, -0.05) is 184 Å². The summed E-state index contributed by atoms with van der Waals surface area (Å²) in [5.41, 5.74) is 16.1. The molecule has 1 heteroatoms. The Morgan fingerprint density at radius 1 is 0.310 bits per heavy atom. The van der Waals surface area contributed by atoms with E-state index in [0.29, 0.717) is 0 Å². The molecule has 0 spiro atoms. The molecule has 0 radical (unpaired) electrons. The second-order valence-electron chi connectivity index (χ2n) is 16.0. The molecule has 0 heterocycles. The molecule has 0 fully saturated rings. The van der Waals surface area contributed by atoms with Gasteiger partial charge in [0.1, 0.15) is 0 Å². The van der Waals surface area contributed by atoms with Crippen LogP contribution in [0.2, 0.25) is 0 Å². The van der Waals surface area contributed by atoms with Crippen molar-refractivity contribution in [3.63, 3.8) is 0 Å². The molecule has 11 rings (SSSR count). The zero-order valence-corrected chi connectivity index (χ0v) is 32.7. The van der Waals surface area contributed by atoms with E-state index < -0.39 is 0 Å². The summed E-state index contributed by atoms with van der Waals surface area (Å²) in [4.78, 5) is 2.43. The van der Waals surface area contributed by atoms with Gasteiger partial charge in [0, 0.05) is 22.5 Å². The van der Waals surface area contributed by atoms with Gasteiger partial charge in [0.05, 0.1) is 0 Å². The molecule has 0 N–H and O–H groups in total. The minimum absolute atomic E-state index is 0.105. The van der Waals surface area contributed by atoms with Crippen LogP contribution in [0.4, 0.5) is 17.1 Å². The highest BCUT2D eigenvalue weighted by Crippen LogP contribution is 2.52. The fourth-order valence-corrected chi connectivity index (χ4v) is 9.73. The van der Waals surface area contributed by atoms with Crippen molar-refractivity contribution < 1.29 is 0 Å². The lowest BCUT2D eigenvalue weighted by Gasteiger charge is -2.29. The number of para-hydroxylation sites is 1. The molecule has 1 aliphatic rings. The Balaban J connectivity index is 1.23. The Kier molecular flexibility index (Phi) is 7.91. The highest BCUT2D eigenvalue weighted by molar-refractivity contribution is 6.33. The van der Waals surface area contributed by atoms with Gasteiger partial charge in [-0.25, -0.2) is 0 Å². The van der Waals surface area contributed by atoms with Gasteiger partial charge < -0.3 is 4.90 Å². The van der Waals surface area contributed by atoms with Gasteiger partial charge in [0.25, 0.3) is 0 Å². The number of anilines is 3. The predicted octanol–water partition coefficient (Wildman–Crippen LogP) is 15.9. The lowest BCUT2D eigenvalue weighted by atomic mass is 9.81. The molecule has 0 atom stereocenters. The third-order valence-corrected chi connectivity index (χ3v) is 12.4. The number of fused-ring (bicyclic) bond motifs is 9. The van der Waals surface area contributed by atoms with Gasteiger partial charge in [-0.3, -0.25) is 0 Å². The van der Waals surface area contributed by atoms with Gasteiger partial charge in [-0.05, 0) is 130 Å². The summed E-state index contributed by atoms with van der Waals surface area (Å²) in [5, 5.41) is 7.52. The maximum Gasteiger partial charge on any atom is 0.0468 e. The molecule has 0 aromatic heterocycles.